The number of carbonyl (C=O) groups excluding carboxylic acids is 6. The van der Waals surface area contributed by atoms with Gasteiger partial charge in [-0.1, -0.05) is 30.3 Å². The Morgan fingerprint density at radius 3 is 1.53 bits per heavy atom. The van der Waals surface area contributed by atoms with Gasteiger partial charge in [0.05, 0.1) is 0 Å². The molecule has 0 aliphatic rings. The van der Waals surface area contributed by atoms with E-state index in [9.17, 15) is 28.8 Å². The molecule has 15 N–H and O–H groups in total. The second kappa shape index (κ2) is 19.4. The molecule has 1 aromatic rings. The number of benzene rings is 1. The van der Waals surface area contributed by atoms with Crippen LogP contribution in [0.1, 0.15) is 65.9 Å². The largest absolute Gasteiger partial charge is 0.370 e. The van der Waals surface area contributed by atoms with Crippen molar-refractivity contribution in [2.75, 3.05) is 13.1 Å². The number of nitrogens with zero attached hydrogens (tertiary/aromatic N) is 2. The van der Waals surface area contributed by atoms with Crippen molar-refractivity contribution in [2.45, 2.75) is 95.9 Å². The first-order chi connectivity index (χ1) is 22.7. The van der Waals surface area contributed by atoms with Gasteiger partial charge in [0.1, 0.15) is 29.2 Å². The first-order valence-electron chi connectivity index (χ1n) is 15.7. The highest BCUT2D eigenvalue weighted by atomic mass is 16.2. The zero-order valence-corrected chi connectivity index (χ0v) is 28.8. The average molecular weight is 689 g/mol. The van der Waals surface area contributed by atoms with Gasteiger partial charge in [-0.2, -0.15) is 0 Å². The van der Waals surface area contributed by atoms with Gasteiger partial charge in [0.15, 0.2) is 11.9 Å². The highest BCUT2D eigenvalue weighted by Gasteiger charge is 2.37. The number of hydrogen-bond donors (Lipinski definition) is 10. The topological polar surface area (TPSA) is 317 Å². The molecule has 0 bridgehead atoms. The number of primary amides is 1. The van der Waals surface area contributed by atoms with E-state index in [0.29, 0.717) is 0 Å². The Balaban J connectivity index is 3.19. The second-order valence-electron chi connectivity index (χ2n) is 12.5. The van der Waals surface area contributed by atoms with Crippen molar-refractivity contribution < 1.29 is 28.8 Å². The van der Waals surface area contributed by atoms with Gasteiger partial charge < -0.3 is 55.3 Å². The third-order valence-electron chi connectivity index (χ3n) is 7.14. The van der Waals surface area contributed by atoms with Crippen LogP contribution in [0.3, 0.4) is 0 Å². The van der Waals surface area contributed by atoms with Crippen LogP contribution in [0.2, 0.25) is 0 Å². The Labute approximate surface area is 286 Å². The summed E-state index contributed by atoms with van der Waals surface area (Å²) in [4.78, 5) is 85.2. The lowest BCUT2D eigenvalue weighted by molar-refractivity contribution is -0.138. The van der Waals surface area contributed by atoms with Crippen molar-refractivity contribution in [1.29, 1.82) is 0 Å². The third-order valence-corrected chi connectivity index (χ3v) is 7.14. The number of nitrogens with one attached hydrogen (secondary N) is 5. The molecule has 0 radical (unpaired) electrons. The van der Waals surface area contributed by atoms with Gasteiger partial charge in [0.2, 0.25) is 35.4 Å². The van der Waals surface area contributed by atoms with Crippen LogP contribution in [0.4, 0.5) is 0 Å². The summed E-state index contributed by atoms with van der Waals surface area (Å²) in [5.74, 6) is -4.32. The fraction of sp³-hybridized carbons (Fsp3) is 0.548. The molecule has 0 aliphatic carbocycles. The number of carbonyl (C=O) groups is 6. The van der Waals surface area contributed by atoms with Crippen LogP contribution in [-0.4, -0.2) is 89.7 Å². The van der Waals surface area contributed by atoms with E-state index in [1.165, 1.54) is 34.6 Å². The minimum absolute atomic E-state index is 0.0664. The van der Waals surface area contributed by atoms with Crippen LogP contribution in [0.5, 0.6) is 0 Å². The summed E-state index contributed by atoms with van der Waals surface area (Å²) in [6, 6.07) is 5.51. The monoisotopic (exact) mass is 688 g/mol. The van der Waals surface area contributed by atoms with Gasteiger partial charge in [0, 0.05) is 26.4 Å². The van der Waals surface area contributed by atoms with Gasteiger partial charge in [0.25, 0.3) is 0 Å². The molecule has 0 saturated carbocycles. The zero-order valence-electron chi connectivity index (χ0n) is 28.8. The number of nitrogens with two attached hydrogens (primary N) is 5. The lowest BCUT2D eigenvalue weighted by Gasteiger charge is -2.32. The van der Waals surface area contributed by atoms with Crippen LogP contribution >= 0.6 is 0 Å². The number of amides is 6. The molecule has 0 spiro atoms. The molecule has 1 aromatic carbocycles. The maximum Gasteiger partial charge on any atom is 0.245 e. The molecule has 18 heteroatoms. The number of rotatable bonds is 20. The highest BCUT2D eigenvalue weighted by molar-refractivity contribution is 5.98. The smallest absolute Gasteiger partial charge is 0.245 e. The minimum Gasteiger partial charge on any atom is -0.370 e. The van der Waals surface area contributed by atoms with Crippen molar-refractivity contribution in [3.63, 3.8) is 0 Å². The molecule has 1 rings (SSSR count). The van der Waals surface area contributed by atoms with Crippen LogP contribution in [0.25, 0.3) is 0 Å². The van der Waals surface area contributed by atoms with E-state index in [2.05, 4.69) is 36.6 Å². The maximum absolute atomic E-state index is 13.6. The van der Waals surface area contributed by atoms with Gasteiger partial charge in [-0.25, -0.2) is 0 Å². The molecule has 0 aliphatic heterocycles. The van der Waals surface area contributed by atoms with Crippen molar-refractivity contribution in [2.24, 2.45) is 38.7 Å². The van der Waals surface area contributed by atoms with E-state index < -0.39 is 64.6 Å². The lowest BCUT2D eigenvalue weighted by atomic mass is 9.99. The van der Waals surface area contributed by atoms with E-state index in [0.717, 1.165) is 5.56 Å². The summed E-state index contributed by atoms with van der Waals surface area (Å²) in [7, 11) is 0. The summed E-state index contributed by atoms with van der Waals surface area (Å²) in [6.45, 7) is 7.33. The average Bonchev–Trinajstić information content (AvgIpc) is 2.98. The standard InChI is InChI=1S/C31H52N12O6/c1-18(44)42-30(2,3)26(48)41-21(14-10-16-38-29(35)36)25(47)43-31(4,5)27(49)40-20(13-9-15-37-28(33)34)24(46)39-22(23(32)45)17-19-11-7-6-8-12-19/h6-8,11-12,20-22H,9-10,13-17H2,1-5H3,(H2,32,45)(H,39,46)(H,40,49)(H,41,48)(H,42,44)(H,43,47)(H4,33,34,37)(H4,35,36,38)/t20-,21-,22-/m0/s1. The summed E-state index contributed by atoms with van der Waals surface area (Å²) in [5.41, 5.74) is 24.9. The van der Waals surface area contributed by atoms with Crippen molar-refractivity contribution in [3.8, 4) is 0 Å². The van der Waals surface area contributed by atoms with Gasteiger partial charge in [-0.05, 0) is 58.9 Å². The first kappa shape index (κ1) is 41.6. The molecule has 0 saturated heterocycles. The first-order valence-corrected chi connectivity index (χ1v) is 15.7. The predicted molar refractivity (Wildman–Crippen MR) is 185 cm³/mol. The Morgan fingerprint density at radius 2 is 1.10 bits per heavy atom. The maximum atomic E-state index is 13.6. The molecule has 0 heterocycles. The van der Waals surface area contributed by atoms with Gasteiger partial charge in [-0.15, -0.1) is 0 Å². The molecule has 0 fully saturated rings. The van der Waals surface area contributed by atoms with E-state index in [4.69, 9.17) is 28.7 Å². The number of guanidine groups is 2. The Kier molecular flexibility index (Phi) is 16.5. The Hall–Kier alpha value is -5.42. The molecule has 6 amide bonds. The van der Waals surface area contributed by atoms with E-state index >= 15 is 0 Å². The molecule has 0 unspecified atom stereocenters. The fourth-order valence-electron chi connectivity index (χ4n) is 4.52. The fourth-order valence-corrected chi connectivity index (χ4v) is 4.52. The minimum atomic E-state index is -1.61. The zero-order chi connectivity index (χ0) is 37.4. The van der Waals surface area contributed by atoms with Crippen molar-refractivity contribution >= 4 is 47.4 Å². The summed E-state index contributed by atoms with van der Waals surface area (Å²) >= 11 is 0. The van der Waals surface area contributed by atoms with Crippen LogP contribution in [-0.2, 0) is 35.2 Å². The highest BCUT2D eigenvalue weighted by Crippen LogP contribution is 2.11. The summed E-state index contributed by atoms with van der Waals surface area (Å²) < 4.78 is 0. The van der Waals surface area contributed by atoms with Crippen LogP contribution < -0.4 is 55.3 Å². The normalized spacial score (nSPS) is 13.0. The molecule has 3 atom stereocenters. The SMILES string of the molecule is CC(=O)NC(C)(C)C(=O)N[C@@H](CCCN=C(N)N)C(=O)NC(C)(C)C(=O)N[C@@H](CCCN=C(N)N)C(=O)N[C@@H](Cc1ccccc1)C(N)=O. The Bertz CT molecular complexity index is 1370. The quantitative estimate of drug-likeness (QED) is 0.0378. The van der Waals surface area contributed by atoms with Crippen molar-refractivity contribution in [3.05, 3.63) is 35.9 Å². The molecule has 0 aromatic heterocycles. The van der Waals surface area contributed by atoms with Crippen LogP contribution in [0.15, 0.2) is 40.3 Å². The van der Waals surface area contributed by atoms with E-state index in [1.54, 1.807) is 30.3 Å². The predicted octanol–water partition coefficient (Wildman–Crippen LogP) is -2.91. The summed E-state index contributed by atoms with van der Waals surface area (Å²) in [5, 5.41) is 13.0. The molecule has 272 valence electrons. The van der Waals surface area contributed by atoms with Crippen LogP contribution in [0, 0.1) is 0 Å². The lowest BCUT2D eigenvalue weighted by Crippen LogP contribution is -2.63. The molecule has 18 nitrogen and oxygen atoms in total. The third kappa shape index (κ3) is 15.8. The number of aliphatic imine (C=N–C) groups is 2. The summed E-state index contributed by atoms with van der Waals surface area (Å²) in [6.07, 6.45) is 0.820. The van der Waals surface area contributed by atoms with E-state index in [-0.39, 0.29) is 57.1 Å². The molecular weight excluding hydrogens is 636 g/mol. The van der Waals surface area contributed by atoms with Gasteiger partial charge in [-0.3, -0.25) is 38.8 Å². The number of hydrogen-bond acceptors (Lipinski definition) is 8. The van der Waals surface area contributed by atoms with Crippen molar-refractivity contribution in [1.82, 2.24) is 26.6 Å². The second-order valence-corrected chi connectivity index (χ2v) is 12.5. The van der Waals surface area contributed by atoms with Gasteiger partial charge >= 0.3 is 0 Å². The molecule has 49 heavy (non-hydrogen) atoms. The van der Waals surface area contributed by atoms with E-state index in [1.807, 2.05) is 0 Å². The Morgan fingerprint density at radius 1 is 0.653 bits per heavy atom. The molecular formula is C31H52N12O6.